The molecule has 1 heterocycles. The van der Waals surface area contributed by atoms with Gasteiger partial charge in [-0.3, -0.25) is 9.69 Å². The summed E-state index contributed by atoms with van der Waals surface area (Å²) in [5, 5.41) is 9.78. The number of nitrogens with two attached hydrogens (primary N) is 1. The van der Waals surface area contributed by atoms with Crippen LogP contribution in [0.5, 0.6) is 0 Å². The van der Waals surface area contributed by atoms with Gasteiger partial charge in [0.25, 0.3) is 0 Å². The third kappa shape index (κ3) is 3.80. The average molecular weight is 375 g/mol. The Morgan fingerprint density at radius 1 is 1.21 bits per heavy atom. The molecular formula is C23H25N3O2. The van der Waals surface area contributed by atoms with Crippen molar-refractivity contribution in [1.82, 2.24) is 4.90 Å². The second-order valence-corrected chi connectivity index (χ2v) is 7.61. The fraction of sp³-hybridized carbons (Fsp3) is 0.391. The van der Waals surface area contributed by atoms with Crippen molar-refractivity contribution in [3.8, 4) is 17.2 Å². The zero-order valence-corrected chi connectivity index (χ0v) is 15.9. The van der Waals surface area contributed by atoms with Gasteiger partial charge in [-0.05, 0) is 47.1 Å². The molecule has 0 unspecified atom stereocenters. The molecule has 0 bridgehead atoms. The molecule has 144 valence electrons. The van der Waals surface area contributed by atoms with Gasteiger partial charge in [-0.1, -0.05) is 42.5 Å². The number of rotatable bonds is 4. The molecule has 1 aliphatic heterocycles. The molecule has 5 heteroatoms. The van der Waals surface area contributed by atoms with Gasteiger partial charge in [0, 0.05) is 26.1 Å². The van der Waals surface area contributed by atoms with Gasteiger partial charge in [-0.25, -0.2) is 0 Å². The minimum atomic E-state index is -0.640. The third-order valence-electron chi connectivity index (χ3n) is 5.79. The maximum atomic E-state index is 11.6. The fourth-order valence-corrected chi connectivity index (χ4v) is 4.30. The van der Waals surface area contributed by atoms with E-state index < -0.39 is 12.0 Å². The van der Waals surface area contributed by atoms with Crippen LogP contribution >= 0.6 is 0 Å². The van der Waals surface area contributed by atoms with Gasteiger partial charge in [-0.2, -0.15) is 5.26 Å². The number of carbonyl (C=O) groups excluding carboxylic acids is 1. The molecule has 1 fully saturated rings. The van der Waals surface area contributed by atoms with E-state index in [1.54, 1.807) is 0 Å². The Labute approximate surface area is 165 Å². The van der Waals surface area contributed by atoms with Gasteiger partial charge >= 0.3 is 0 Å². The predicted octanol–water partition coefficient (Wildman–Crippen LogP) is 2.46. The summed E-state index contributed by atoms with van der Waals surface area (Å²) >= 11 is 0. The summed E-state index contributed by atoms with van der Waals surface area (Å²) in [6.45, 7) is 1.62. The first kappa shape index (κ1) is 18.7. The van der Waals surface area contributed by atoms with Crippen molar-refractivity contribution < 1.29 is 9.53 Å². The number of nitrogens with zero attached hydrogens (tertiary/aromatic N) is 2. The average Bonchev–Trinajstić information content (AvgIpc) is 2.98. The lowest BCUT2D eigenvalue weighted by Gasteiger charge is -2.27. The molecule has 0 spiro atoms. The summed E-state index contributed by atoms with van der Waals surface area (Å²) in [4.78, 5) is 13.6. The summed E-state index contributed by atoms with van der Waals surface area (Å²) in [7, 11) is 0. The predicted molar refractivity (Wildman–Crippen MR) is 108 cm³/mol. The second-order valence-electron chi connectivity index (χ2n) is 7.61. The Kier molecular flexibility index (Phi) is 5.43. The summed E-state index contributed by atoms with van der Waals surface area (Å²) < 4.78 is 5.52. The Morgan fingerprint density at radius 2 is 2.00 bits per heavy atom. The largest absolute Gasteiger partial charge is 0.367 e. The summed E-state index contributed by atoms with van der Waals surface area (Å²) in [5.41, 5.74) is 12.0. The molecular weight excluding hydrogens is 350 g/mol. The van der Waals surface area contributed by atoms with Crippen molar-refractivity contribution in [3.05, 3.63) is 59.2 Å². The molecule has 0 saturated carbocycles. The van der Waals surface area contributed by atoms with Crippen molar-refractivity contribution in [2.75, 3.05) is 19.7 Å². The lowest BCUT2D eigenvalue weighted by Crippen LogP contribution is -2.44. The first-order valence-corrected chi connectivity index (χ1v) is 9.90. The summed E-state index contributed by atoms with van der Waals surface area (Å²) in [6.07, 6.45) is 2.87. The van der Waals surface area contributed by atoms with E-state index in [9.17, 15) is 10.1 Å². The van der Waals surface area contributed by atoms with E-state index in [0.29, 0.717) is 19.6 Å². The van der Waals surface area contributed by atoms with E-state index >= 15 is 0 Å². The molecule has 0 aromatic heterocycles. The Balaban J connectivity index is 1.54. The Hall–Kier alpha value is -2.68. The van der Waals surface area contributed by atoms with Gasteiger partial charge in [0.15, 0.2) is 0 Å². The van der Waals surface area contributed by atoms with Crippen LogP contribution in [0.1, 0.15) is 23.1 Å². The highest BCUT2D eigenvalue weighted by atomic mass is 16.5. The number of primary amides is 1. The second kappa shape index (κ2) is 8.14. The number of aryl methyl sites for hydroxylation is 2. The molecule has 28 heavy (non-hydrogen) atoms. The molecule has 1 aliphatic carbocycles. The normalized spacial score (nSPS) is 20.3. The van der Waals surface area contributed by atoms with Gasteiger partial charge < -0.3 is 10.5 Å². The molecule has 2 N–H and O–H groups in total. The Morgan fingerprint density at radius 3 is 2.82 bits per heavy atom. The number of nitriles is 1. The number of ether oxygens (including phenoxy) is 1. The minimum absolute atomic E-state index is 0.294. The number of hydrogen-bond donors (Lipinski definition) is 1. The SMILES string of the molecule is N#C[C@H](Cc1ccc2c(c1)CCc1ccccc1-2)N1CCCO[C@H](C(N)=O)C1. The minimum Gasteiger partial charge on any atom is -0.367 e. The lowest BCUT2D eigenvalue weighted by molar-refractivity contribution is -0.129. The number of amides is 1. The maximum Gasteiger partial charge on any atom is 0.247 e. The van der Waals surface area contributed by atoms with E-state index in [-0.39, 0.29) is 6.04 Å². The lowest BCUT2D eigenvalue weighted by atomic mass is 9.84. The van der Waals surface area contributed by atoms with E-state index in [0.717, 1.165) is 31.4 Å². The van der Waals surface area contributed by atoms with Crippen molar-refractivity contribution >= 4 is 5.91 Å². The van der Waals surface area contributed by atoms with Crippen LogP contribution < -0.4 is 5.73 Å². The molecule has 1 amide bonds. The van der Waals surface area contributed by atoms with E-state index in [1.807, 2.05) is 4.90 Å². The van der Waals surface area contributed by atoms with Gasteiger partial charge in [-0.15, -0.1) is 0 Å². The van der Waals surface area contributed by atoms with Crippen molar-refractivity contribution in [3.63, 3.8) is 0 Å². The molecule has 2 aromatic carbocycles. The quantitative estimate of drug-likeness (QED) is 0.890. The molecule has 2 aromatic rings. The van der Waals surface area contributed by atoms with Crippen molar-refractivity contribution in [2.24, 2.45) is 5.73 Å². The number of benzene rings is 2. The Bertz CT molecular complexity index is 918. The van der Waals surface area contributed by atoms with Crippen molar-refractivity contribution in [1.29, 1.82) is 5.26 Å². The molecule has 2 atom stereocenters. The van der Waals surface area contributed by atoms with Crippen LogP contribution in [-0.2, 0) is 28.8 Å². The van der Waals surface area contributed by atoms with Crippen LogP contribution in [0.4, 0.5) is 0 Å². The molecule has 0 radical (unpaired) electrons. The van der Waals surface area contributed by atoms with Crippen LogP contribution in [-0.4, -0.2) is 42.6 Å². The zero-order chi connectivity index (χ0) is 19.5. The summed E-state index contributed by atoms with van der Waals surface area (Å²) in [6, 6.07) is 17.3. The van der Waals surface area contributed by atoms with E-state index in [2.05, 4.69) is 48.5 Å². The molecule has 1 saturated heterocycles. The fourth-order valence-electron chi connectivity index (χ4n) is 4.30. The van der Waals surface area contributed by atoms with Crippen LogP contribution in [0.3, 0.4) is 0 Å². The first-order chi connectivity index (χ1) is 13.7. The van der Waals surface area contributed by atoms with Gasteiger partial charge in [0.1, 0.15) is 12.1 Å². The molecule has 4 rings (SSSR count). The number of fused-ring (bicyclic) bond motifs is 3. The standard InChI is InChI=1S/C23H25N3O2/c24-14-19(26-10-3-11-28-22(15-26)23(25)27)13-16-6-9-21-18(12-16)8-7-17-4-1-2-5-20(17)21/h1-2,4-6,9,12,19,22H,3,7-8,10-11,13,15H2,(H2,25,27)/t19-,22-/m0/s1. The van der Waals surface area contributed by atoms with Crippen LogP contribution in [0.15, 0.2) is 42.5 Å². The van der Waals surface area contributed by atoms with Gasteiger partial charge in [0.05, 0.1) is 6.07 Å². The topological polar surface area (TPSA) is 79.3 Å². The van der Waals surface area contributed by atoms with Crippen LogP contribution in [0, 0.1) is 11.3 Å². The molecule has 2 aliphatic rings. The smallest absolute Gasteiger partial charge is 0.247 e. The highest BCUT2D eigenvalue weighted by Gasteiger charge is 2.28. The van der Waals surface area contributed by atoms with Crippen molar-refractivity contribution in [2.45, 2.75) is 37.8 Å². The van der Waals surface area contributed by atoms with Gasteiger partial charge in [0.2, 0.25) is 5.91 Å². The van der Waals surface area contributed by atoms with Crippen LogP contribution in [0.25, 0.3) is 11.1 Å². The highest BCUT2D eigenvalue weighted by molar-refractivity contribution is 5.79. The van der Waals surface area contributed by atoms with E-state index in [4.69, 9.17) is 10.5 Å². The van der Waals surface area contributed by atoms with Crippen LogP contribution in [0.2, 0.25) is 0 Å². The summed E-state index contributed by atoms with van der Waals surface area (Å²) in [5.74, 6) is -0.462. The first-order valence-electron chi connectivity index (χ1n) is 9.90. The highest BCUT2D eigenvalue weighted by Crippen LogP contribution is 2.34. The maximum absolute atomic E-state index is 11.6. The van der Waals surface area contributed by atoms with E-state index in [1.165, 1.54) is 22.3 Å². The number of carbonyl (C=O) groups is 1. The third-order valence-corrected chi connectivity index (χ3v) is 5.79. The molecule has 5 nitrogen and oxygen atoms in total. The zero-order valence-electron chi connectivity index (χ0n) is 15.9. The number of hydrogen-bond acceptors (Lipinski definition) is 4. The monoisotopic (exact) mass is 375 g/mol.